The molecule has 1 aliphatic heterocycles. The fraction of sp³-hybridized carbons (Fsp3) is 0.500. The van der Waals surface area contributed by atoms with Crippen LogP contribution in [0.25, 0.3) is 11.3 Å². The molecule has 8 heteroatoms. The standard InChI is InChI=1S/C24H32N2O5S/c1-6-31-22-9-7-8-21(25-22)20-11-10-19(16-17(20)2)18-12-14-26(15-13-18)32(28,29)24(3,4)23(27)30-5/h7-11,16,18H,6,12-15H2,1-5H3. The Kier molecular flexibility index (Phi) is 7.25. The van der Waals surface area contributed by atoms with Crippen LogP contribution >= 0.6 is 0 Å². The lowest BCUT2D eigenvalue weighted by atomic mass is 9.88. The van der Waals surface area contributed by atoms with Crippen LogP contribution in [0.5, 0.6) is 5.88 Å². The Morgan fingerprint density at radius 1 is 1.19 bits per heavy atom. The molecule has 2 aromatic rings. The van der Waals surface area contributed by atoms with E-state index in [4.69, 9.17) is 9.47 Å². The zero-order chi connectivity index (χ0) is 23.5. The molecule has 0 spiro atoms. The lowest BCUT2D eigenvalue weighted by Crippen LogP contribution is -2.52. The van der Waals surface area contributed by atoms with Crippen LogP contribution in [0, 0.1) is 6.92 Å². The molecule has 1 aromatic carbocycles. The summed E-state index contributed by atoms with van der Waals surface area (Å²) in [6.07, 6.45) is 1.40. The minimum Gasteiger partial charge on any atom is -0.478 e. The molecule has 0 N–H and O–H groups in total. The lowest BCUT2D eigenvalue weighted by molar-refractivity contribution is -0.142. The number of sulfonamides is 1. The molecule has 0 bridgehead atoms. The molecule has 1 aliphatic rings. The smallest absolute Gasteiger partial charge is 0.328 e. The van der Waals surface area contributed by atoms with Gasteiger partial charge in [0, 0.05) is 24.7 Å². The van der Waals surface area contributed by atoms with E-state index in [1.165, 1.54) is 30.8 Å². The van der Waals surface area contributed by atoms with Crippen molar-refractivity contribution >= 4 is 16.0 Å². The van der Waals surface area contributed by atoms with Gasteiger partial charge < -0.3 is 9.47 Å². The van der Waals surface area contributed by atoms with E-state index < -0.39 is 20.7 Å². The zero-order valence-electron chi connectivity index (χ0n) is 19.4. The van der Waals surface area contributed by atoms with E-state index in [0.29, 0.717) is 38.4 Å². The molecule has 0 amide bonds. The van der Waals surface area contributed by atoms with Crippen molar-refractivity contribution in [3.05, 3.63) is 47.5 Å². The van der Waals surface area contributed by atoms with Crippen molar-refractivity contribution in [2.75, 3.05) is 26.8 Å². The first-order valence-corrected chi connectivity index (χ1v) is 12.3. The van der Waals surface area contributed by atoms with Crippen molar-refractivity contribution in [2.24, 2.45) is 0 Å². The van der Waals surface area contributed by atoms with E-state index in [2.05, 4.69) is 30.1 Å². The van der Waals surface area contributed by atoms with Crippen LogP contribution in [-0.2, 0) is 19.6 Å². The quantitative estimate of drug-likeness (QED) is 0.582. The van der Waals surface area contributed by atoms with Gasteiger partial charge in [0.2, 0.25) is 15.9 Å². The van der Waals surface area contributed by atoms with Gasteiger partial charge in [-0.15, -0.1) is 0 Å². The second kappa shape index (κ2) is 9.58. The van der Waals surface area contributed by atoms with Crippen LogP contribution in [0.15, 0.2) is 36.4 Å². The first kappa shape index (κ1) is 24.2. The molecule has 1 saturated heterocycles. The first-order chi connectivity index (χ1) is 15.1. The molecule has 0 atom stereocenters. The van der Waals surface area contributed by atoms with Crippen molar-refractivity contribution < 1.29 is 22.7 Å². The second-order valence-corrected chi connectivity index (χ2v) is 11.0. The summed E-state index contributed by atoms with van der Waals surface area (Å²) in [5.74, 6) is 0.128. The second-order valence-electron chi connectivity index (χ2n) is 8.55. The van der Waals surface area contributed by atoms with E-state index >= 15 is 0 Å². The Bertz CT molecular complexity index is 1070. The molecule has 0 aliphatic carbocycles. The van der Waals surface area contributed by atoms with E-state index in [0.717, 1.165) is 16.8 Å². The Balaban J connectivity index is 1.73. The molecule has 1 aromatic heterocycles. The summed E-state index contributed by atoms with van der Waals surface area (Å²) in [6.45, 7) is 8.12. The Hall–Kier alpha value is -2.45. The Labute approximate surface area is 190 Å². The fourth-order valence-electron chi connectivity index (χ4n) is 4.12. The molecule has 174 valence electrons. The van der Waals surface area contributed by atoms with E-state index in [-0.39, 0.29) is 5.92 Å². The largest absolute Gasteiger partial charge is 0.478 e. The summed E-state index contributed by atoms with van der Waals surface area (Å²) >= 11 is 0. The van der Waals surface area contributed by atoms with Gasteiger partial charge in [0.15, 0.2) is 4.75 Å². The molecular formula is C24H32N2O5S. The average molecular weight is 461 g/mol. The van der Waals surface area contributed by atoms with Gasteiger partial charge >= 0.3 is 5.97 Å². The number of hydrogen-bond donors (Lipinski definition) is 0. The number of carbonyl (C=O) groups is 1. The van der Waals surface area contributed by atoms with Crippen LogP contribution < -0.4 is 4.74 Å². The third-order valence-corrected chi connectivity index (χ3v) is 8.63. The van der Waals surface area contributed by atoms with Crippen molar-refractivity contribution in [2.45, 2.75) is 51.2 Å². The highest BCUT2D eigenvalue weighted by Gasteiger charge is 2.47. The van der Waals surface area contributed by atoms with Gasteiger partial charge in [0.05, 0.1) is 19.4 Å². The lowest BCUT2D eigenvalue weighted by Gasteiger charge is -2.35. The molecule has 7 nitrogen and oxygen atoms in total. The summed E-state index contributed by atoms with van der Waals surface area (Å²) < 4.78 is 36.0. The van der Waals surface area contributed by atoms with Crippen molar-refractivity contribution in [3.63, 3.8) is 0 Å². The number of ether oxygens (including phenoxy) is 2. The summed E-state index contributed by atoms with van der Waals surface area (Å²) in [5, 5.41) is 0. The van der Waals surface area contributed by atoms with Gasteiger partial charge in [-0.1, -0.05) is 24.3 Å². The highest BCUT2D eigenvalue weighted by molar-refractivity contribution is 7.91. The third kappa shape index (κ3) is 4.66. The number of piperidine rings is 1. The number of hydrogen-bond acceptors (Lipinski definition) is 6. The Morgan fingerprint density at radius 3 is 2.47 bits per heavy atom. The molecular weight excluding hydrogens is 428 g/mol. The zero-order valence-corrected chi connectivity index (χ0v) is 20.2. The van der Waals surface area contributed by atoms with Crippen LogP contribution in [0.4, 0.5) is 0 Å². The predicted molar refractivity (Wildman–Crippen MR) is 124 cm³/mol. The maximum Gasteiger partial charge on any atom is 0.328 e. The maximum atomic E-state index is 13.0. The number of esters is 1. The van der Waals surface area contributed by atoms with Crippen LogP contribution in [0.3, 0.4) is 0 Å². The fourth-order valence-corrected chi connectivity index (χ4v) is 5.76. The van der Waals surface area contributed by atoms with E-state index in [9.17, 15) is 13.2 Å². The van der Waals surface area contributed by atoms with Crippen molar-refractivity contribution in [1.29, 1.82) is 0 Å². The SMILES string of the molecule is CCOc1cccc(-c2ccc(C3CCN(S(=O)(=O)C(C)(C)C(=O)OC)CC3)cc2C)n1. The number of nitrogens with zero attached hydrogens (tertiary/aromatic N) is 2. The summed E-state index contributed by atoms with van der Waals surface area (Å²) in [6, 6.07) is 12.1. The van der Waals surface area contributed by atoms with Gasteiger partial charge in [-0.25, -0.2) is 17.7 Å². The molecule has 2 heterocycles. The average Bonchev–Trinajstić information content (AvgIpc) is 2.78. The summed E-state index contributed by atoms with van der Waals surface area (Å²) in [5.41, 5.74) is 4.23. The van der Waals surface area contributed by atoms with Gasteiger partial charge in [-0.3, -0.25) is 4.79 Å². The van der Waals surface area contributed by atoms with Gasteiger partial charge in [0.25, 0.3) is 0 Å². The Morgan fingerprint density at radius 2 is 1.88 bits per heavy atom. The summed E-state index contributed by atoms with van der Waals surface area (Å²) in [4.78, 5) is 16.6. The summed E-state index contributed by atoms with van der Waals surface area (Å²) in [7, 11) is -2.59. The van der Waals surface area contributed by atoms with E-state index in [1.54, 1.807) is 0 Å². The normalized spacial score (nSPS) is 16.0. The van der Waals surface area contributed by atoms with Gasteiger partial charge in [-0.05, 0) is 63.6 Å². The highest BCUT2D eigenvalue weighted by Crippen LogP contribution is 2.34. The van der Waals surface area contributed by atoms with E-state index in [1.807, 2.05) is 25.1 Å². The molecule has 1 fully saturated rings. The number of rotatable bonds is 7. The molecule has 3 rings (SSSR count). The number of aryl methyl sites for hydroxylation is 1. The topological polar surface area (TPSA) is 85.8 Å². The highest BCUT2D eigenvalue weighted by atomic mass is 32.2. The number of aromatic nitrogens is 1. The third-order valence-electron chi connectivity index (χ3n) is 6.13. The van der Waals surface area contributed by atoms with Crippen LogP contribution in [0.1, 0.15) is 50.7 Å². The molecule has 0 saturated carbocycles. The van der Waals surface area contributed by atoms with Crippen molar-refractivity contribution in [1.82, 2.24) is 9.29 Å². The molecule has 32 heavy (non-hydrogen) atoms. The number of pyridine rings is 1. The predicted octanol–water partition coefficient (Wildman–Crippen LogP) is 3.92. The van der Waals surface area contributed by atoms with Gasteiger partial charge in [0.1, 0.15) is 0 Å². The van der Waals surface area contributed by atoms with Gasteiger partial charge in [-0.2, -0.15) is 0 Å². The molecule has 0 unspecified atom stereocenters. The number of methoxy groups -OCH3 is 1. The van der Waals surface area contributed by atoms with Crippen molar-refractivity contribution in [3.8, 4) is 17.1 Å². The minimum atomic E-state index is -3.80. The monoisotopic (exact) mass is 460 g/mol. The van der Waals surface area contributed by atoms with Crippen LogP contribution in [0.2, 0.25) is 0 Å². The number of benzene rings is 1. The number of carbonyl (C=O) groups excluding carboxylic acids is 1. The maximum absolute atomic E-state index is 13.0. The first-order valence-electron chi connectivity index (χ1n) is 10.9. The minimum absolute atomic E-state index is 0.262. The van der Waals surface area contributed by atoms with Crippen LogP contribution in [-0.4, -0.2) is 55.2 Å². The molecule has 0 radical (unpaired) electrons.